The molecule has 1 aliphatic heterocycles. The van der Waals surface area contributed by atoms with Gasteiger partial charge in [0.05, 0.1) is 13.7 Å². The predicted molar refractivity (Wildman–Crippen MR) is 99.3 cm³/mol. The van der Waals surface area contributed by atoms with Crippen LogP contribution in [0.2, 0.25) is 0 Å². The Morgan fingerprint density at radius 3 is 2.48 bits per heavy atom. The van der Waals surface area contributed by atoms with Crippen LogP contribution in [-0.4, -0.2) is 55.7 Å². The van der Waals surface area contributed by atoms with Crippen molar-refractivity contribution in [3.8, 4) is 11.5 Å². The number of benzene rings is 1. The van der Waals surface area contributed by atoms with E-state index in [1.807, 2.05) is 36.0 Å². The maximum atomic E-state index is 5.96. The van der Waals surface area contributed by atoms with Crippen LogP contribution >= 0.6 is 35.7 Å². The van der Waals surface area contributed by atoms with Gasteiger partial charge in [0.25, 0.3) is 0 Å². The van der Waals surface area contributed by atoms with Crippen molar-refractivity contribution in [3.05, 3.63) is 24.3 Å². The first-order valence-corrected chi connectivity index (χ1v) is 7.84. The second-order valence-corrected chi connectivity index (χ2v) is 5.59. The van der Waals surface area contributed by atoms with E-state index in [-0.39, 0.29) is 24.0 Å². The van der Waals surface area contributed by atoms with Gasteiger partial charge in [-0.15, -0.1) is 24.0 Å². The Labute approximate surface area is 147 Å². The van der Waals surface area contributed by atoms with E-state index < -0.39 is 0 Å². The minimum Gasteiger partial charge on any atom is -0.497 e. The van der Waals surface area contributed by atoms with Gasteiger partial charge in [0.1, 0.15) is 18.1 Å². The molecule has 0 unspecified atom stereocenters. The molecule has 0 saturated carbocycles. The lowest BCUT2D eigenvalue weighted by Gasteiger charge is -2.27. The maximum absolute atomic E-state index is 5.96. The Bertz CT molecular complexity index is 436. The zero-order valence-corrected chi connectivity index (χ0v) is 15.3. The summed E-state index contributed by atoms with van der Waals surface area (Å²) in [5, 5.41) is 0. The van der Waals surface area contributed by atoms with Gasteiger partial charge in [0.15, 0.2) is 5.96 Å². The van der Waals surface area contributed by atoms with E-state index in [4.69, 9.17) is 15.2 Å². The smallest absolute Gasteiger partial charge is 0.191 e. The molecule has 0 aromatic heterocycles. The number of halogens is 1. The van der Waals surface area contributed by atoms with Gasteiger partial charge in [0, 0.05) is 24.6 Å². The number of nitrogens with zero attached hydrogens (tertiary/aromatic N) is 2. The van der Waals surface area contributed by atoms with Crippen LogP contribution in [0.1, 0.15) is 0 Å². The van der Waals surface area contributed by atoms with Gasteiger partial charge < -0.3 is 20.1 Å². The van der Waals surface area contributed by atoms with Gasteiger partial charge in [-0.05, 0) is 24.3 Å². The number of ether oxygens (including phenoxy) is 2. The average Bonchev–Trinajstić information content (AvgIpc) is 2.53. The third-order valence-electron chi connectivity index (χ3n) is 3.03. The lowest BCUT2D eigenvalue weighted by molar-refractivity contribution is 0.326. The van der Waals surface area contributed by atoms with Gasteiger partial charge >= 0.3 is 0 Å². The second-order valence-electron chi connectivity index (χ2n) is 4.36. The van der Waals surface area contributed by atoms with Crippen molar-refractivity contribution in [2.24, 2.45) is 10.7 Å². The number of thioether (sulfide) groups is 1. The summed E-state index contributed by atoms with van der Waals surface area (Å²) in [5.74, 6) is 4.51. The SMILES string of the molecule is COc1ccc(OCCN=C(N)N2CCSCC2)cc1.I. The largest absolute Gasteiger partial charge is 0.497 e. The fourth-order valence-electron chi connectivity index (χ4n) is 1.89. The molecule has 1 fully saturated rings. The molecule has 0 aliphatic carbocycles. The highest BCUT2D eigenvalue weighted by Crippen LogP contribution is 2.16. The van der Waals surface area contributed by atoms with Crippen molar-refractivity contribution in [3.63, 3.8) is 0 Å². The summed E-state index contributed by atoms with van der Waals surface area (Å²) in [6.45, 7) is 3.07. The molecule has 21 heavy (non-hydrogen) atoms. The molecule has 1 heterocycles. The Kier molecular flexibility index (Phi) is 8.67. The molecule has 0 radical (unpaired) electrons. The lowest BCUT2D eigenvalue weighted by Crippen LogP contribution is -2.42. The van der Waals surface area contributed by atoms with Crippen LogP contribution < -0.4 is 15.2 Å². The molecular formula is C14H22IN3O2S. The van der Waals surface area contributed by atoms with E-state index in [0.29, 0.717) is 19.1 Å². The maximum Gasteiger partial charge on any atom is 0.191 e. The summed E-state index contributed by atoms with van der Waals surface area (Å²) in [6.07, 6.45) is 0. The fraction of sp³-hybridized carbons (Fsp3) is 0.500. The van der Waals surface area contributed by atoms with Crippen LogP contribution in [0, 0.1) is 0 Å². The second kappa shape index (κ2) is 9.99. The monoisotopic (exact) mass is 423 g/mol. The molecule has 0 bridgehead atoms. The Balaban J connectivity index is 0.00000220. The quantitative estimate of drug-likeness (QED) is 0.340. The van der Waals surface area contributed by atoms with Gasteiger partial charge in [-0.1, -0.05) is 0 Å². The Morgan fingerprint density at radius 1 is 1.24 bits per heavy atom. The molecule has 118 valence electrons. The number of nitrogens with two attached hydrogens (primary N) is 1. The summed E-state index contributed by atoms with van der Waals surface area (Å²) in [6, 6.07) is 7.51. The zero-order chi connectivity index (χ0) is 14.2. The summed E-state index contributed by atoms with van der Waals surface area (Å²) < 4.78 is 10.7. The molecule has 0 spiro atoms. The number of methoxy groups -OCH3 is 1. The molecule has 1 aromatic carbocycles. The Hall–Kier alpha value is -0.830. The molecule has 1 aliphatic rings. The number of hydrogen-bond acceptors (Lipinski definition) is 4. The molecule has 1 aromatic rings. The summed E-state index contributed by atoms with van der Waals surface area (Å²) in [5.41, 5.74) is 5.96. The molecule has 2 rings (SSSR count). The molecule has 2 N–H and O–H groups in total. The van der Waals surface area contributed by atoms with Crippen LogP contribution in [-0.2, 0) is 0 Å². The molecule has 7 heteroatoms. The van der Waals surface area contributed by atoms with Gasteiger partial charge in [-0.2, -0.15) is 11.8 Å². The number of hydrogen-bond donors (Lipinski definition) is 1. The summed E-state index contributed by atoms with van der Waals surface area (Å²) >= 11 is 1.96. The van der Waals surface area contributed by atoms with Crippen molar-refractivity contribution in [1.29, 1.82) is 0 Å². The molecule has 0 amide bonds. The topological polar surface area (TPSA) is 60.1 Å². The summed E-state index contributed by atoms with van der Waals surface area (Å²) in [7, 11) is 1.65. The number of guanidine groups is 1. The molecule has 0 atom stereocenters. The van der Waals surface area contributed by atoms with E-state index >= 15 is 0 Å². The van der Waals surface area contributed by atoms with Crippen LogP contribution in [0.25, 0.3) is 0 Å². The fourth-order valence-corrected chi connectivity index (χ4v) is 2.79. The molecule has 1 saturated heterocycles. The first-order chi connectivity index (χ1) is 9.79. The van der Waals surface area contributed by atoms with Crippen LogP contribution in [0.15, 0.2) is 29.3 Å². The third-order valence-corrected chi connectivity index (χ3v) is 3.97. The molecule has 5 nitrogen and oxygen atoms in total. The number of aliphatic imine (C=N–C) groups is 1. The van der Waals surface area contributed by atoms with E-state index in [9.17, 15) is 0 Å². The highest BCUT2D eigenvalue weighted by molar-refractivity contribution is 14.0. The third kappa shape index (κ3) is 6.21. The van der Waals surface area contributed by atoms with Crippen molar-refractivity contribution >= 4 is 41.7 Å². The highest BCUT2D eigenvalue weighted by atomic mass is 127. The number of rotatable bonds is 5. The van der Waals surface area contributed by atoms with E-state index in [1.54, 1.807) is 7.11 Å². The van der Waals surface area contributed by atoms with Crippen molar-refractivity contribution < 1.29 is 9.47 Å². The minimum absolute atomic E-state index is 0. The molecular weight excluding hydrogens is 401 g/mol. The zero-order valence-electron chi connectivity index (χ0n) is 12.2. The lowest BCUT2D eigenvalue weighted by atomic mass is 10.3. The van der Waals surface area contributed by atoms with Gasteiger partial charge in [-0.25, -0.2) is 4.99 Å². The van der Waals surface area contributed by atoms with Crippen LogP contribution in [0.5, 0.6) is 11.5 Å². The van der Waals surface area contributed by atoms with Crippen LogP contribution in [0.3, 0.4) is 0 Å². The predicted octanol–water partition coefficient (Wildman–Crippen LogP) is 2.06. The van der Waals surface area contributed by atoms with Crippen molar-refractivity contribution in [2.45, 2.75) is 0 Å². The normalized spacial score (nSPS) is 15.3. The summed E-state index contributed by atoms with van der Waals surface area (Å²) in [4.78, 5) is 6.49. The van der Waals surface area contributed by atoms with E-state index in [0.717, 1.165) is 36.1 Å². The van der Waals surface area contributed by atoms with Gasteiger partial charge in [-0.3, -0.25) is 0 Å². The highest BCUT2D eigenvalue weighted by Gasteiger charge is 2.11. The first kappa shape index (κ1) is 18.2. The van der Waals surface area contributed by atoms with Crippen molar-refractivity contribution in [1.82, 2.24) is 4.90 Å². The minimum atomic E-state index is 0. The van der Waals surface area contributed by atoms with E-state index in [2.05, 4.69) is 9.89 Å². The van der Waals surface area contributed by atoms with Crippen LogP contribution in [0.4, 0.5) is 0 Å². The van der Waals surface area contributed by atoms with Crippen molar-refractivity contribution in [2.75, 3.05) is 44.9 Å². The standard InChI is InChI=1S/C14H21N3O2S.HI/c1-18-12-2-4-13(5-3-12)19-9-6-16-14(15)17-7-10-20-11-8-17;/h2-5H,6-11H2,1H3,(H2,15,16);1H. The first-order valence-electron chi connectivity index (χ1n) is 6.69. The van der Waals surface area contributed by atoms with E-state index in [1.165, 1.54) is 0 Å². The Morgan fingerprint density at radius 2 is 1.86 bits per heavy atom. The van der Waals surface area contributed by atoms with Gasteiger partial charge in [0.2, 0.25) is 0 Å². The average molecular weight is 423 g/mol.